The lowest BCUT2D eigenvalue weighted by Crippen LogP contribution is -2.84. The number of ether oxygens (including phenoxy) is 3. The number of hydrogen-bond donors (Lipinski definition) is 3. The van der Waals surface area contributed by atoms with Gasteiger partial charge in [-0.25, -0.2) is 0 Å². The lowest BCUT2D eigenvalue weighted by atomic mass is 9.44. The second-order valence-corrected chi connectivity index (χ2v) is 10.2. The number of amides is 2. The Bertz CT molecular complexity index is 980. The molecule has 0 unspecified atom stereocenters. The first-order valence-corrected chi connectivity index (χ1v) is 11.4. The Morgan fingerprint density at radius 2 is 1.79 bits per heavy atom. The van der Waals surface area contributed by atoms with Crippen LogP contribution in [0.15, 0.2) is 18.2 Å². The highest BCUT2D eigenvalue weighted by Crippen LogP contribution is 2.60. The maximum atomic E-state index is 12.7. The summed E-state index contributed by atoms with van der Waals surface area (Å²) in [5, 5.41) is 16.7. The molecule has 3 N–H and O–H groups in total. The van der Waals surface area contributed by atoms with E-state index in [1.54, 1.807) is 18.2 Å². The average Bonchev–Trinajstić information content (AvgIpc) is 2.66. The summed E-state index contributed by atoms with van der Waals surface area (Å²) in [7, 11) is 0. The van der Waals surface area contributed by atoms with Gasteiger partial charge in [-0.3, -0.25) is 14.3 Å². The molecule has 0 radical (unpaired) electrons. The zero-order chi connectivity index (χ0) is 24.3. The van der Waals surface area contributed by atoms with Crippen LogP contribution in [-0.4, -0.2) is 59.3 Å². The summed E-state index contributed by atoms with van der Waals surface area (Å²) in [6, 6.07) is 4.87. The number of carbonyl (C=O) groups excluding carboxylic acids is 2. The van der Waals surface area contributed by atoms with Gasteiger partial charge in [0.05, 0.1) is 18.3 Å². The molecular weight excluding hydrogens is 481 g/mol. The molecule has 1 aromatic carbocycles. The Kier molecular flexibility index (Phi) is 5.74. The smallest absolute Gasteiger partial charge is 0.480 e. The molecular formula is C22H24ClF3N2O6. The van der Waals surface area contributed by atoms with Crippen LogP contribution in [0.25, 0.3) is 0 Å². The fourth-order valence-electron chi connectivity index (χ4n) is 5.44. The zero-order valence-electron chi connectivity index (χ0n) is 18.0. The number of carbonyl (C=O) groups is 2. The number of rotatable bonds is 7. The van der Waals surface area contributed by atoms with E-state index < -0.39 is 41.9 Å². The van der Waals surface area contributed by atoms with Crippen LogP contribution < -0.4 is 15.4 Å². The van der Waals surface area contributed by atoms with Crippen molar-refractivity contribution in [2.45, 2.75) is 80.4 Å². The Morgan fingerprint density at radius 3 is 2.47 bits per heavy atom. The van der Waals surface area contributed by atoms with Crippen LogP contribution >= 0.6 is 11.6 Å². The molecule has 5 aliphatic rings. The SMILES string of the molecule is O=C(COC1CC(OC(F)(F)F)C1)NC12CC(NC(=O)[C@@H]3C[C@@H](O)c4cc(Cl)ccc4O3)(C1)C2. The van der Waals surface area contributed by atoms with Crippen molar-refractivity contribution in [3.05, 3.63) is 28.8 Å². The van der Waals surface area contributed by atoms with E-state index in [0.717, 1.165) is 0 Å². The van der Waals surface area contributed by atoms with Crippen molar-refractivity contribution in [1.29, 1.82) is 0 Å². The van der Waals surface area contributed by atoms with E-state index in [2.05, 4.69) is 15.4 Å². The van der Waals surface area contributed by atoms with Gasteiger partial charge in [0.25, 0.3) is 5.91 Å². The van der Waals surface area contributed by atoms with E-state index in [4.69, 9.17) is 21.1 Å². The van der Waals surface area contributed by atoms with Gasteiger partial charge >= 0.3 is 6.36 Å². The van der Waals surface area contributed by atoms with Crippen LogP contribution in [0.2, 0.25) is 5.02 Å². The van der Waals surface area contributed by atoms with Gasteiger partial charge in [-0.05, 0) is 37.5 Å². The number of nitrogens with one attached hydrogen (secondary N) is 2. The van der Waals surface area contributed by atoms with Crippen LogP contribution in [0, 0.1) is 0 Å². The lowest BCUT2D eigenvalue weighted by Gasteiger charge is -2.70. The van der Waals surface area contributed by atoms with Gasteiger partial charge in [-0.2, -0.15) is 0 Å². The van der Waals surface area contributed by atoms with Crippen LogP contribution in [0.1, 0.15) is 50.2 Å². The molecule has 4 aliphatic carbocycles. The Morgan fingerprint density at radius 1 is 1.12 bits per heavy atom. The number of aliphatic hydroxyl groups excluding tert-OH is 1. The molecule has 4 fully saturated rings. The van der Waals surface area contributed by atoms with E-state index in [0.29, 0.717) is 35.6 Å². The monoisotopic (exact) mass is 504 g/mol. The molecule has 8 nitrogen and oxygen atoms in total. The Hall–Kier alpha value is -2.08. The van der Waals surface area contributed by atoms with Crippen LogP contribution in [0.4, 0.5) is 13.2 Å². The second kappa shape index (κ2) is 8.25. The molecule has 2 bridgehead atoms. The van der Waals surface area contributed by atoms with Crippen molar-refractivity contribution in [2.75, 3.05) is 6.61 Å². The highest BCUT2D eigenvalue weighted by Gasteiger charge is 2.69. The molecule has 0 saturated heterocycles. The van der Waals surface area contributed by atoms with Gasteiger partial charge in [0, 0.05) is 40.9 Å². The van der Waals surface area contributed by atoms with Crippen molar-refractivity contribution in [3.8, 4) is 5.75 Å². The quantitative estimate of drug-likeness (QED) is 0.527. The third-order valence-corrected chi connectivity index (χ3v) is 7.19. The summed E-state index contributed by atoms with van der Waals surface area (Å²) >= 11 is 5.95. The van der Waals surface area contributed by atoms with E-state index >= 15 is 0 Å². The fourth-order valence-corrected chi connectivity index (χ4v) is 5.62. The molecule has 0 aromatic heterocycles. The van der Waals surface area contributed by atoms with E-state index in [9.17, 15) is 27.9 Å². The maximum absolute atomic E-state index is 12.7. The molecule has 1 aliphatic heterocycles. The highest BCUT2D eigenvalue weighted by molar-refractivity contribution is 6.30. The number of alkyl halides is 3. The van der Waals surface area contributed by atoms with Crippen molar-refractivity contribution in [3.63, 3.8) is 0 Å². The maximum Gasteiger partial charge on any atom is 0.522 e. The minimum absolute atomic E-state index is 0.0997. The summed E-state index contributed by atoms with van der Waals surface area (Å²) in [4.78, 5) is 24.9. The third-order valence-electron chi connectivity index (χ3n) is 6.96. The van der Waals surface area contributed by atoms with Gasteiger partial charge in [-0.15, -0.1) is 13.2 Å². The standard InChI is InChI=1S/C22H24ClF3N2O6/c23-11-1-2-16-14(3-11)15(29)6-17(33-16)19(31)28-21-8-20(9-21,10-21)27-18(30)7-32-12-4-13(5-12)34-22(24,25)26/h1-3,12-13,15,17,29H,4-10H2,(H,27,30)(H,28,31)/t12?,13?,15-,17+,20?,21?/m1/s1. The molecule has 186 valence electrons. The van der Waals surface area contributed by atoms with Crippen LogP contribution in [-0.2, 0) is 19.1 Å². The molecule has 0 spiro atoms. The van der Waals surface area contributed by atoms with Gasteiger partial charge in [0.1, 0.15) is 12.4 Å². The summed E-state index contributed by atoms with van der Waals surface area (Å²) in [6.07, 6.45) is -5.66. The summed E-state index contributed by atoms with van der Waals surface area (Å²) in [5.41, 5.74) is -0.252. The minimum Gasteiger partial charge on any atom is -0.480 e. The predicted octanol–water partition coefficient (Wildman–Crippen LogP) is 2.52. The van der Waals surface area contributed by atoms with Gasteiger partial charge in [-0.1, -0.05) is 11.6 Å². The molecule has 2 atom stereocenters. The molecule has 6 rings (SSSR count). The molecule has 34 heavy (non-hydrogen) atoms. The number of fused-ring (bicyclic) bond motifs is 1. The van der Waals surface area contributed by atoms with Gasteiger partial charge < -0.3 is 25.2 Å². The topological polar surface area (TPSA) is 106 Å². The molecule has 12 heteroatoms. The minimum atomic E-state index is -4.66. The molecule has 1 heterocycles. The summed E-state index contributed by atoms with van der Waals surface area (Å²) in [5.74, 6) is -0.232. The van der Waals surface area contributed by atoms with Crippen LogP contribution in [0.3, 0.4) is 0 Å². The number of hydrogen-bond acceptors (Lipinski definition) is 6. The first kappa shape index (κ1) is 23.7. The van der Waals surface area contributed by atoms with E-state index in [1.165, 1.54) is 0 Å². The highest BCUT2D eigenvalue weighted by atomic mass is 35.5. The van der Waals surface area contributed by atoms with Gasteiger partial charge in [0.2, 0.25) is 5.91 Å². The number of benzene rings is 1. The largest absolute Gasteiger partial charge is 0.522 e. The van der Waals surface area contributed by atoms with Crippen LogP contribution in [0.5, 0.6) is 5.75 Å². The van der Waals surface area contributed by atoms with Crippen molar-refractivity contribution >= 4 is 23.4 Å². The van der Waals surface area contributed by atoms with Gasteiger partial charge in [0.15, 0.2) is 6.10 Å². The molecule has 4 saturated carbocycles. The first-order valence-electron chi connectivity index (χ1n) is 11.1. The molecule has 2 amide bonds. The van der Waals surface area contributed by atoms with Crippen molar-refractivity contribution in [2.24, 2.45) is 0 Å². The fraction of sp³-hybridized carbons (Fsp3) is 0.636. The second-order valence-electron chi connectivity index (χ2n) is 9.76. The number of aliphatic hydroxyl groups is 1. The lowest BCUT2D eigenvalue weighted by molar-refractivity contribution is -0.357. The normalized spacial score (nSPS) is 35.6. The number of halogens is 4. The van der Waals surface area contributed by atoms with Crippen molar-refractivity contribution < 1.29 is 42.1 Å². The average molecular weight is 505 g/mol. The Labute approximate surface area is 198 Å². The summed E-state index contributed by atoms with van der Waals surface area (Å²) < 4.78 is 51.4. The first-order chi connectivity index (χ1) is 15.9. The predicted molar refractivity (Wildman–Crippen MR) is 111 cm³/mol. The van der Waals surface area contributed by atoms with E-state index in [-0.39, 0.29) is 37.7 Å². The zero-order valence-corrected chi connectivity index (χ0v) is 18.7. The van der Waals surface area contributed by atoms with E-state index in [1.807, 2.05) is 0 Å². The molecule has 1 aromatic rings. The summed E-state index contributed by atoms with van der Waals surface area (Å²) in [6.45, 7) is -0.234. The van der Waals surface area contributed by atoms with Crippen molar-refractivity contribution in [1.82, 2.24) is 10.6 Å². The third kappa shape index (κ3) is 4.71. The Balaban J connectivity index is 1.03.